The number of hydrogen-bond acceptors (Lipinski definition) is 11. The monoisotopic (exact) mass is 1110 g/mol. The topological polar surface area (TPSA) is 175 Å². The predicted octanol–water partition coefficient (Wildman–Crippen LogP) is 16.9. The Morgan fingerprint density at radius 1 is 0.430 bits per heavy atom. The van der Waals surface area contributed by atoms with E-state index < -0.39 is 67.3 Å². The number of ether oxygens (including phenoxy) is 5. The van der Waals surface area contributed by atoms with Gasteiger partial charge in [-0.15, -0.1) is 0 Å². The third kappa shape index (κ3) is 44.5. The highest BCUT2D eigenvalue weighted by Crippen LogP contribution is 2.26. The van der Waals surface area contributed by atoms with Gasteiger partial charge in [0.1, 0.15) is 18.8 Å². The molecule has 12 nitrogen and oxygen atoms in total. The summed E-state index contributed by atoms with van der Waals surface area (Å²) >= 11 is 0. The van der Waals surface area contributed by atoms with Crippen LogP contribution in [0.1, 0.15) is 278 Å². The lowest BCUT2D eigenvalue weighted by atomic mass is 9.98. The normalized spacial score (nSPS) is 18.3. The van der Waals surface area contributed by atoms with Crippen LogP contribution in [0.5, 0.6) is 0 Å². The van der Waals surface area contributed by atoms with Gasteiger partial charge in [0, 0.05) is 19.3 Å². The molecule has 454 valence electrons. The molecule has 0 aliphatic carbocycles. The van der Waals surface area contributed by atoms with Gasteiger partial charge < -0.3 is 39.0 Å². The minimum absolute atomic E-state index is 0.0471. The summed E-state index contributed by atoms with van der Waals surface area (Å²) in [5.74, 6) is -3.15. The Kier molecular flexibility index (Phi) is 50.7. The Labute approximate surface area is 480 Å². The maximum atomic E-state index is 13.2. The quantitative estimate of drug-likeness (QED) is 0.0228. The maximum Gasteiger partial charge on any atom is 0.335 e. The highest BCUT2D eigenvalue weighted by atomic mass is 16.7. The number of carbonyl (C=O) groups excluding carboxylic acids is 3. The molecule has 6 atom stereocenters. The number of aliphatic carboxylic acids is 1. The molecular formula is C67H114O12. The lowest BCUT2D eigenvalue weighted by Gasteiger charge is -2.40. The Morgan fingerprint density at radius 3 is 1.25 bits per heavy atom. The minimum atomic E-state index is -1.91. The van der Waals surface area contributed by atoms with E-state index in [1.807, 2.05) is 0 Å². The molecule has 79 heavy (non-hydrogen) atoms. The molecule has 1 heterocycles. The van der Waals surface area contributed by atoms with E-state index in [9.17, 15) is 34.5 Å². The SMILES string of the molecule is CC/C=C\C/C=C\C/C=C\CCCCCCCC(=O)OC(COC(=O)CCCCCCCCCCC/C=C\C/C=C\CCCCC)COC1OC(C(=O)O)C(O)C(O)C1OC(=O)CCCCCCC/C=C\CCCCCCCC. The second-order valence-electron chi connectivity index (χ2n) is 21.7. The minimum Gasteiger partial charge on any atom is -0.479 e. The van der Waals surface area contributed by atoms with E-state index in [2.05, 4.69) is 93.7 Å². The zero-order chi connectivity index (χ0) is 57.5. The molecule has 1 rings (SSSR count). The summed E-state index contributed by atoms with van der Waals surface area (Å²) in [7, 11) is 0. The number of unbranched alkanes of at least 4 members (excludes halogenated alkanes) is 28. The van der Waals surface area contributed by atoms with E-state index in [1.165, 1.54) is 96.3 Å². The van der Waals surface area contributed by atoms with Crippen molar-refractivity contribution in [2.75, 3.05) is 13.2 Å². The summed E-state index contributed by atoms with van der Waals surface area (Å²) < 4.78 is 28.5. The van der Waals surface area contributed by atoms with Crippen molar-refractivity contribution in [3.05, 3.63) is 72.9 Å². The molecule has 6 unspecified atom stereocenters. The summed E-state index contributed by atoms with van der Waals surface area (Å²) in [4.78, 5) is 51.3. The Hall–Kier alpha value is -3.84. The smallest absolute Gasteiger partial charge is 0.335 e. The van der Waals surface area contributed by atoms with Gasteiger partial charge in [-0.2, -0.15) is 0 Å². The molecule has 3 N–H and O–H groups in total. The molecule has 0 aromatic carbocycles. The number of carboxylic acid groups (broad SMARTS) is 1. The van der Waals surface area contributed by atoms with Crippen LogP contribution in [0.4, 0.5) is 0 Å². The van der Waals surface area contributed by atoms with Gasteiger partial charge in [0.2, 0.25) is 0 Å². The molecule has 0 spiro atoms. The van der Waals surface area contributed by atoms with Gasteiger partial charge in [0.25, 0.3) is 0 Å². The van der Waals surface area contributed by atoms with Crippen molar-refractivity contribution in [2.45, 2.75) is 314 Å². The Morgan fingerprint density at radius 2 is 0.797 bits per heavy atom. The molecule has 12 heteroatoms. The van der Waals surface area contributed by atoms with Gasteiger partial charge in [-0.05, 0) is 109 Å². The van der Waals surface area contributed by atoms with Crippen molar-refractivity contribution in [1.29, 1.82) is 0 Å². The largest absolute Gasteiger partial charge is 0.479 e. The first kappa shape index (κ1) is 73.2. The first-order valence-electron chi connectivity index (χ1n) is 31.9. The fraction of sp³-hybridized carbons (Fsp3) is 0.761. The first-order chi connectivity index (χ1) is 38.6. The van der Waals surface area contributed by atoms with Crippen molar-refractivity contribution in [3.8, 4) is 0 Å². The number of allylic oxidation sites excluding steroid dienone is 12. The molecule has 1 saturated heterocycles. The van der Waals surface area contributed by atoms with Crippen LogP contribution in [0.2, 0.25) is 0 Å². The molecule has 0 aromatic heterocycles. The van der Waals surface area contributed by atoms with Crippen LogP contribution < -0.4 is 0 Å². The number of carboxylic acids is 1. The highest BCUT2D eigenvalue weighted by molar-refractivity contribution is 5.74. The van der Waals surface area contributed by atoms with Crippen LogP contribution >= 0.6 is 0 Å². The third-order valence-corrected chi connectivity index (χ3v) is 14.2. The van der Waals surface area contributed by atoms with Gasteiger partial charge in [-0.1, -0.05) is 222 Å². The van der Waals surface area contributed by atoms with Crippen molar-refractivity contribution < 1.29 is 58.2 Å². The third-order valence-electron chi connectivity index (χ3n) is 14.2. The van der Waals surface area contributed by atoms with Crippen LogP contribution in [0.25, 0.3) is 0 Å². The van der Waals surface area contributed by atoms with Crippen LogP contribution in [0, 0.1) is 0 Å². The van der Waals surface area contributed by atoms with Crippen molar-refractivity contribution in [2.24, 2.45) is 0 Å². The molecule has 1 fully saturated rings. The van der Waals surface area contributed by atoms with Gasteiger partial charge >= 0.3 is 23.9 Å². The number of esters is 3. The van der Waals surface area contributed by atoms with E-state index in [0.29, 0.717) is 19.3 Å². The zero-order valence-corrected chi connectivity index (χ0v) is 50.1. The summed E-state index contributed by atoms with van der Waals surface area (Å²) in [6, 6.07) is 0. The summed E-state index contributed by atoms with van der Waals surface area (Å²) in [5, 5.41) is 31.5. The van der Waals surface area contributed by atoms with Gasteiger partial charge in [0.05, 0.1) is 6.61 Å². The van der Waals surface area contributed by atoms with Crippen LogP contribution in [-0.4, -0.2) is 89.2 Å². The van der Waals surface area contributed by atoms with Gasteiger partial charge in [-0.25, -0.2) is 4.79 Å². The van der Waals surface area contributed by atoms with Crippen molar-refractivity contribution >= 4 is 23.9 Å². The number of carbonyl (C=O) groups is 4. The molecule has 0 bridgehead atoms. The Balaban J connectivity index is 2.67. The molecule has 0 aromatic rings. The van der Waals surface area contributed by atoms with Crippen molar-refractivity contribution in [3.63, 3.8) is 0 Å². The highest BCUT2D eigenvalue weighted by Gasteiger charge is 2.50. The maximum absolute atomic E-state index is 13.2. The summed E-state index contributed by atoms with van der Waals surface area (Å²) in [5.41, 5.74) is 0. The molecule has 0 amide bonds. The van der Waals surface area contributed by atoms with E-state index in [1.54, 1.807) is 0 Å². The van der Waals surface area contributed by atoms with Crippen molar-refractivity contribution in [1.82, 2.24) is 0 Å². The summed E-state index contributed by atoms with van der Waals surface area (Å²) in [6.45, 7) is 5.85. The van der Waals surface area contributed by atoms with Crippen LogP contribution in [0.15, 0.2) is 72.9 Å². The molecular weight excluding hydrogens is 997 g/mol. The number of hydrogen-bond donors (Lipinski definition) is 3. The average Bonchev–Trinajstić information content (AvgIpc) is 3.46. The number of aliphatic hydroxyl groups is 2. The standard InChI is InChI=1S/C67H114O12/c1-4-7-10-13-16-19-22-25-28-29-30-31-34-35-38-41-44-47-50-53-59(68)75-56-58(77-60(69)54-51-48-45-42-39-36-32-26-23-20-17-14-11-8-5-2)57-76-67-65(63(72)62(71)64(79-67)66(73)74)78-61(70)55-52-49-46-43-40-37-33-27-24-21-18-15-12-9-6-3/h8,11,16-17,19-20,25-28,32-33,58,62-65,67,71-72H,4-7,9-10,12-15,18,21-24,29-31,34-57H2,1-3H3,(H,73,74)/b11-8-,19-16-,20-17-,28-25-,32-26-,33-27-. The molecule has 0 saturated carbocycles. The second-order valence-corrected chi connectivity index (χ2v) is 21.7. The second kappa shape index (κ2) is 54.7. The lowest BCUT2D eigenvalue weighted by Crippen LogP contribution is -2.61. The molecule has 1 aliphatic rings. The van der Waals surface area contributed by atoms with Gasteiger partial charge in [-0.3, -0.25) is 14.4 Å². The van der Waals surface area contributed by atoms with Crippen LogP contribution in [-0.2, 0) is 42.9 Å². The van der Waals surface area contributed by atoms with E-state index in [-0.39, 0.29) is 25.9 Å². The number of rotatable bonds is 54. The number of aliphatic hydroxyl groups excluding tert-OH is 2. The van der Waals surface area contributed by atoms with E-state index in [4.69, 9.17) is 23.7 Å². The first-order valence-corrected chi connectivity index (χ1v) is 31.9. The van der Waals surface area contributed by atoms with E-state index >= 15 is 0 Å². The van der Waals surface area contributed by atoms with Crippen LogP contribution in [0.3, 0.4) is 0 Å². The van der Waals surface area contributed by atoms with E-state index in [0.717, 1.165) is 122 Å². The predicted molar refractivity (Wildman–Crippen MR) is 322 cm³/mol. The zero-order valence-electron chi connectivity index (χ0n) is 50.1. The lowest BCUT2D eigenvalue weighted by molar-refractivity contribution is -0.301. The fourth-order valence-corrected chi connectivity index (χ4v) is 9.35. The van der Waals surface area contributed by atoms with Gasteiger partial charge in [0.15, 0.2) is 24.6 Å². The Bertz CT molecular complexity index is 1650. The average molecular weight is 1110 g/mol. The fourth-order valence-electron chi connectivity index (χ4n) is 9.35. The summed E-state index contributed by atoms with van der Waals surface area (Å²) in [6.07, 6.45) is 57.2. The molecule has 0 radical (unpaired) electrons. The molecule has 1 aliphatic heterocycles.